The molecule has 1 aromatic carbocycles. The van der Waals surface area contributed by atoms with Gasteiger partial charge >= 0.3 is 0 Å². The van der Waals surface area contributed by atoms with Gasteiger partial charge in [-0.1, -0.05) is 109 Å². The Bertz CT molecular complexity index is 480. The molecule has 0 amide bonds. The minimum absolute atomic E-state index is 0.131. The van der Waals surface area contributed by atoms with Crippen molar-refractivity contribution in [1.82, 2.24) is 0 Å². The molecule has 0 aliphatic rings. The fourth-order valence-corrected chi connectivity index (χ4v) is 2.14. The maximum absolute atomic E-state index is 14.0. The zero-order chi connectivity index (χ0) is 21.7. The summed E-state index contributed by atoms with van der Waals surface area (Å²) < 4.78 is 14.0. The molecule has 1 rings (SSSR count). The summed E-state index contributed by atoms with van der Waals surface area (Å²) in [5, 5.41) is 0.652. The Morgan fingerprint density at radius 3 is 1.08 bits per heavy atom. The number of rotatable bonds is 0. The summed E-state index contributed by atoms with van der Waals surface area (Å²) in [7, 11) is 0. The number of halogens is 2. The minimum atomic E-state index is -0.218. The molecule has 154 valence electrons. The van der Waals surface area contributed by atoms with Crippen molar-refractivity contribution in [3.8, 4) is 0 Å². The van der Waals surface area contributed by atoms with Crippen LogP contribution in [-0.2, 0) is 10.8 Å². The molecule has 0 nitrogen and oxygen atoms in total. The van der Waals surface area contributed by atoms with Crippen LogP contribution in [0, 0.1) is 16.6 Å². The average Bonchev–Trinajstić information content (AvgIpc) is 2.24. The fourth-order valence-electron chi connectivity index (χ4n) is 1.70. The molecule has 0 radical (unpaired) electrons. The van der Waals surface area contributed by atoms with Crippen molar-refractivity contribution in [1.29, 1.82) is 0 Å². The van der Waals surface area contributed by atoms with Gasteiger partial charge in [0.05, 0.1) is 0 Å². The Labute approximate surface area is 168 Å². The van der Waals surface area contributed by atoms with Gasteiger partial charge in [0.25, 0.3) is 0 Å². The average molecular weight is 387 g/mol. The largest absolute Gasteiger partial charge is 0.207 e. The van der Waals surface area contributed by atoms with Crippen molar-refractivity contribution in [2.75, 3.05) is 0 Å². The summed E-state index contributed by atoms with van der Waals surface area (Å²) in [6.45, 7) is 29.6. The molecule has 0 aromatic heterocycles. The smallest absolute Gasteiger partial charge is 0.127 e. The van der Waals surface area contributed by atoms with Crippen LogP contribution in [0.4, 0.5) is 4.39 Å². The van der Waals surface area contributed by atoms with Gasteiger partial charge < -0.3 is 0 Å². The molecule has 0 aliphatic carbocycles. The lowest BCUT2D eigenvalue weighted by Gasteiger charge is -2.25. The Morgan fingerprint density at radius 1 is 0.577 bits per heavy atom. The topological polar surface area (TPSA) is 0 Å². The molecule has 26 heavy (non-hydrogen) atoms. The van der Waals surface area contributed by atoms with Gasteiger partial charge in [-0.15, -0.1) is 0 Å². The van der Waals surface area contributed by atoms with E-state index in [1.807, 2.05) is 41.5 Å². The minimum Gasteiger partial charge on any atom is -0.207 e. The van der Waals surface area contributed by atoms with E-state index < -0.39 is 0 Å². The van der Waals surface area contributed by atoms with Gasteiger partial charge in [0.15, 0.2) is 0 Å². The molecule has 0 fully saturated rings. The van der Waals surface area contributed by atoms with Gasteiger partial charge in [-0.3, -0.25) is 0 Å². The van der Waals surface area contributed by atoms with Crippen molar-refractivity contribution in [2.24, 2.45) is 10.8 Å². The highest BCUT2D eigenvalue weighted by Crippen LogP contribution is 2.35. The van der Waals surface area contributed by atoms with Gasteiger partial charge in [-0.2, -0.15) is 0 Å². The van der Waals surface area contributed by atoms with Gasteiger partial charge in [-0.25, -0.2) is 4.39 Å². The van der Waals surface area contributed by atoms with E-state index in [-0.39, 0.29) is 16.6 Å². The van der Waals surface area contributed by atoms with E-state index in [1.165, 1.54) is 0 Å². The van der Waals surface area contributed by atoms with Gasteiger partial charge in [0.2, 0.25) is 0 Å². The van der Waals surface area contributed by atoms with Gasteiger partial charge in [-0.05, 0) is 44.9 Å². The first-order valence-corrected chi connectivity index (χ1v) is 9.91. The van der Waals surface area contributed by atoms with E-state index in [4.69, 9.17) is 11.6 Å². The van der Waals surface area contributed by atoms with E-state index in [9.17, 15) is 4.39 Å². The highest BCUT2D eigenvalue weighted by Gasteiger charge is 2.24. The quantitative estimate of drug-likeness (QED) is 0.416. The van der Waals surface area contributed by atoms with Crippen molar-refractivity contribution in [3.05, 3.63) is 34.1 Å². The molecule has 0 N–H and O–H groups in total. The molecule has 0 saturated heterocycles. The highest BCUT2D eigenvalue weighted by atomic mass is 35.5. The van der Waals surface area contributed by atoms with Crippen molar-refractivity contribution in [2.45, 2.75) is 108 Å². The fraction of sp³-hybridized carbons (Fsp3) is 0.750. The molecule has 0 unspecified atom stereocenters. The standard InChI is InChI=1S/C14H20ClF.2C5H12/c1-13(2,3)9-8-12(16)10(7-11(9)15)14(4,5)6;2*1-5(2,3)4/h7-8H,1-6H3;2*1-4H3. The molecule has 0 aliphatic heterocycles. The van der Waals surface area contributed by atoms with Crippen LogP contribution in [0.2, 0.25) is 5.02 Å². The molecule has 0 saturated carbocycles. The van der Waals surface area contributed by atoms with Crippen molar-refractivity contribution in [3.63, 3.8) is 0 Å². The second-order valence-corrected chi connectivity index (χ2v) is 12.7. The maximum atomic E-state index is 14.0. The van der Waals surface area contributed by atoms with E-state index in [0.717, 1.165) is 5.56 Å². The number of benzene rings is 1. The lowest BCUT2D eigenvalue weighted by molar-refractivity contribution is 0.469. The first kappa shape index (κ1) is 27.7. The van der Waals surface area contributed by atoms with Crippen LogP contribution >= 0.6 is 11.6 Å². The first-order chi connectivity index (χ1) is 11.0. The Hall–Kier alpha value is -0.560. The second kappa shape index (κ2) is 9.58. The van der Waals surface area contributed by atoms with Crippen LogP contribution in [-0.4, -0.2) is 0 Å². The molecule has 0 atom stereocenters. The highest BCUT2D eigenvalue weighted by molar-refractivity contribution is 6.31. The van der Waals surface area contributed by atoms with Crippen molar-refractivity contribution >= 4 is 11.6 Å². The zero-order valence-corrected chi connectivity index (χ0v) is 20.7. The summed E-state index contributed by atoms with van der Waals surface area (Å²) in [6.07, 6.45) is 0. The van der Waals surface area contributed by atoms with E-state index in [1.54, 1.807) is 12.1 Å². The molecular weight excluding hydrogens is 343 g/mol. The van der Waals surface area contributed by atoms with E-state index in [2.05, 4.69) is 55.4 Å². The Balaban J connectivity index is 0. The van der Waals surface area contributed by atoms with Crippen LogP contribution in [0.25, 0.3) is 0 Å². The molecule has 0 heterocycles. The summed E-state index contributed by atoms with van der Waals surface area (Å²) >= 11 is 6.23. The number of hydrogen-bond acceptors (Lipinski definition) is 0. The van der Waals surface area contributed by atoms with E-state index in [0.29, 0.717) is 21.4 Å². The monoisotopic (exact) mass is 386 g/mol. The molecule has 1 aromatic rings. The predicted molar refractivity (Wildman–Crippen MR) is 119 cm³/mol. The third-order valence-electron chi connectivity index (χ3n) is 2.67. The molecule has 2 heteroatoms. The number of hydrogen-bond donors (Lipinski definition) is 0. The third-order valence-corrected chi connectivity index (χ3v) is 2.99. The summed E-state index contributed by atoms with van der Waals surface area (Å²) in [6, 6.07) is 3.33. The lowest BCUT2D eigenvalue weighted by Crippen LogP contribution is -2.17. The zero-order valence-electron chi connectivity index (χ0n) is 19.9. The maximum Gasteiger partial charge on any atom is 0.127 e. The second-order valence-electron chi connectivity index (χ2n) is 12.3. The van der Waals surface area contributed by atoms with Crippen LogP contribution < -0.4 is 0 Å². The van der Waals surface area contributed by atoms with Crippen LogP contribution in [0.15, 0.2) is 12.1 Å². The Morgan fingerprint density at radius 2 is 0.846 bits per heavy atom. The normalized spacial score (nSPS) is 12.6. The lowest BCUT2D eigenvalue weighted by atomic mass is 9.82. The van der Waals surface area contributed by atoms with Gasteiger partial charge in [0, 0.05) is 5.02 Å². The molecular formula is C24H44ClF. The summed E-state index contributed by atoms with van der Waals surface area (Å²) in [4.78, 5) is 0. The first-order valence-electron chi connectivity index (χ1n) is 9.53. The van der Waals surface area contributed by atoms with Crippen LogP contribution in [0.5, 0.6) is 0 Å². The SMILES string of the molecule is CC(C)(C)C.CC(C)(C)C.CC(C)(C)c1cc(Cl)c(C(C)(C)C)cc1F. The van der Waals surface area contributed by atoms with Crippen LogP contribution in [0.3, 0.4) is 0 Å². The van der Waals surface area contributed by atoms with E-state index >= 15 is 0 Å². The Kier molecular flexibility index (Phi) is 10.2. The van der Waals surface area contributed by atoms with Gasteiger partial charge in [0.1, 0.15) is 5.82 Å². The molecule has 0 spiro atoms. The van der Waals surface area contributed by atoms with Crippen LogP contribution in [0.1, 0.15) is 108 Å². The summed E-state index contributed by atoms with van der Waals surface area (Å²) in [5.74, 6) is -0.165. The summed E-state index contributed by atoms with van der Waals surface area (Å²) in [5.41, 5.74) is 2.18. The molecule has 0 bridgehead atoms. The van der Waals surface area contributed by atoms with Crippen molar-refractivity contribution < 1.29 is 4.39 Å². The third kappa shape index (κ3) is 15.7. The predicted octanol–water partition coefficient (Wildman–Crippen LogP) is 9.18.